The highest BCUT2D eigenvalue weighted by Gasteiger charge is 2.17. The molecular formula is C17H23N3O4S. The minimum absolute atomic E-state index is 0.127. The quantitative estimate of drug-likeness (QED) is 0.758. The molecule has 0 aliphatic heterocycles. The summed E-state index contributed by atoms with van der Waals surface area (Å²) in [6.07, 6.45) is 0. The van der Waals surface area contributed by atoms with Gasteiger partial charge < -0.3 is 15.1 Å². The van der Waals surface area contributed by atoms with Gasteiger partial charge in [0.15, 0.2) is 0 Å². The van der Waals surface area contributed by atoms with Crippen molar-refractivity contribution in [2.24, 2.45) is 0 Å². The number of hydrogen-bond acceptors (Lipinski definition) is 4. The molecule has 2 aromatic rings. The molecule has 1 aromatic carbocycles. The number of sulfonamides is 1. The monoisotopic (exact) mass is 365 g/mol. The van der Waals surface area contributed by atoms with Crippen LogP contribution in [0.25, 0.3) is 0 Å². The molecule has 0 aliphatic carbocycles. The van der Waals surface area contributed by atoms with Crippen molar-refractivity contribution in [3.8, 4) is 0 Å². The minimum atomic E-state index is -3.59. The zero-order valence-electron chi connectivity index (χ0n) is 14.9. The summed E-state index contributed by atoms with van der Waals surface area (Å²) in [5, 5.41) is 5.47. The molecular weight excluding hydrogens is 342 g/mol. The normalized spacial score (nSPS) is 12.7. The second kappa shape index (κ2) is 7.28. The fourth-order valence-corrected chi connectivity index (χ4v) is 3.59. The highest BCUT2D eigenvalue weighted by Crippen LogP contribution is 2.22. The molecule has 1 aromatic heterocycles. The fourth-order valence-electron chi connectivity index (χ4n) is 2.60. The Labute approximate surface area is 147 Å². The van der Waals surface area contributed by atoms with E-state index in [4.69, 9.17) is 4.42 Å². The van der Waals surface area contributed by atoms with Crippen molar-refractivity contribution in [3.05, 3.63) is 46.9 Å². The van der Waals surface area contributed by atoms with E-state index in [2.05, 4.69) is 15.4 Å². The number of carbonyl (C=O) groups excluding carboxylic acids is 1. The maximum absolute atomic E-state index is 12.2. The molecule has 0 bridgehead atoms. The van der Waals surface area contributed by atoms with Crippen molar-refractivity contribution in [2.45, 2.75) is 38.6 Å². The van der Waals surface area contributed by atoms with Crippen LogP contribution in [0, 0.1) is 20.8 Å². The Kier molecular flexibility index (Phi) is 5.54. The SMILES string of the molecule is CNS(=O)(=O)c1cc(NC(=O)NC(C)c2cc(C)oc2C)ccc1C. The van der Waals surface area contributed by atoms with Gasteiger partial charge in [0.05, 0.1) is 10.9 Å². The predicted octanol–water partition coefficient (Wildman–Crippen LogP) is 3.00. The van der Waals surface area contributed by atoms with Gasteiger partial charge in [0.2, 0.25) is 10.0 Å². The van der Waals surface area contributed by atoms with Gasteiger partial charge >= 0.3 is 6.03 Å². The lowest BCUT2D eigenvalue weighted by Gasteiger charge is -2.15. The van der Waals surface area contributed by atoms with Crippen LogP contribution >= 0.6 is 0 Å². The zero-order valence-corrected chi connectivity index (χ0v) is 15.7. The Morgan fingerprint density at radius 2 is 1.84 bits per heavy atom. The number of benzene rings is 1. The molecule has 2 rings (SSSR count). The van der Waals surface area contributed by atoms with Crippen LogP contribution in [0.4, 0.5) is 10.5 Å². The summed E-state index contributed by atoms with van der Waals surface area (Å²) < 4.78 is 31.8. The number of rotatable bonds is 5. The van der Waals surface area contributed by atoms with Crippen LogP contribution in [0.1, 0.15) is 35.6 Å². The fraction of sp³-hybridized carbons (Fsp3) is 0.353. The molecule has 136 valence electrons. The van der Waals surface area contributed by atoms with Crippen molar-refractivity contribution >= 4 is 21.7 Å². The maximum Gasteiger partial charge on any atom is 0.319 e. The second-order valence-corrected chi connectivity index (χ2v) is 7.73. The first-order chi connectivity index (χ1) is 11.6. The van der Waals surface area contributed by atoms with Crippen molar-refractivity contribution < 1.29 is 17.6 Å². The van der Waals surface area contributed by atoms with Gasteiger partial charge in [0.1, 0.15) is 11.5 Å². The van der Waals surface area contributed by atoms with E-state index in [0.29, 0.717) is 11.3 Å². The van der Waals surface area contributed by atoms with E-state index in [9.17, 15) is 13.2 Å². The number of urea groups is 1. The zero-order chi connectivity index (χ0) is 18.8. The van der Waals surface area contributed by atoms with E-state index in [-0.39, 0.29) is 10.9 Å². The largest absolute Gasteiger partial charge is 0.466 e. The van der Waals surface area contributed by atoms with Crippen LogP contribution in [0.15, 0.2) is 33.6 Å². The van der Waals surface area contributed by atoms with Gasteiger partial charge in [0, 0.05) is 11.3 Å². The van der Waals surface area contributed by atoms with Crippen LogP contribution in [0.3, 0.4) is 0 Å². The van der Waals surface area contributed by atoms with Gasteiger partial charge in [-0.1, -0.05) is 6.07 Å². The molecule has 1 unspecified atom stereocenters. The molecule has 0 fully saturated rings. The molecule has 25 heavy (non-hydrogen) atoms. The average molecular weight is 365 g/mol. The van der Waals surface area contributed by atoms with E-state index >= 15 is 0 Å². The number of furan rings is 1. The van der Waals surface area contributed by atoms with Crippen molar-refractivity contribution in [1.29, 1.82) is 0 Å². The number of hydrogen-bond donors (Lipinski definition) is 3. The molecule has 0 saturated carbocycles. The van der Waals surface area contributed by atoms with E-state index < -0.39 is 16.1 Å². The highest BCUT2D eigenvalue weighted by atomic mass is 32.2. The third-order valence-corrected chi connectivity index (χ3v) is 5.45. The van der Waals surface area contributed by atoms with Crippen molar-refractivity contribution in [2.75, 3.05) is 12.4 Å². The predicted molar refractivity (Wildman–Crippen MR) is 96.2 cm³/mol. The van der Waals surface area contributed by atoms with Crippen LogP contribution in [0.2, 0.25) is 0 Å². The van der Waals surface area contributed by atoms with Gasteiger partial charge in [-0.05, 0) is 58.5 Å². The van der Waals surface area contributed by atoms with Gasteiger partial charge in [-0.25, -0.2) is 17.9 Å². The number of anilines is 1. The van der Waals surface area contributed by atoms with Crippen LogP contribution in [-0.2, 0) is 10.0 Å². The Hall–Kier alpha value is -2.32. The number of nitrogens with one attached hydrogen (secondary N) is 3. The standard InChI is InChI=1S/C17H23N3O4S/c1-10-6-7-14(9-16(10)25(22,23)18-5)20-17(21)19-12(3)15-8-11(2)24-13(15)4/h6-9,12,18H,1-5H3,(H2,19,20,21). The number of aryl methyl sites for hydroxylation is 3. The lowest BCUT2D eigenvalue weighted by atomic mass is 10.1. The molecule has 0 aliphatic rings. The van der Waals surface area contributed by atoms with Gasteiger partial charge in [-0.3, -0.25) is 0 Å². The second-order valence-electron chi connectivity index (χ2n) is 5.88. The highest BCUT2D eigenvalue weighted by molar-refractivity contribution is 7.89. The summed E-state index contributed by atoms with van der Waals surface area (Å²) in [4.78, 5) is 12.3. The van der Waals surface area contributed by atoms with Crippen LogP contribution in [0.5, 0.6) is 0 Å². The topological polar surface area (TPSA) is 100 Å². The van der Waals surface area contributed by atoms with Crippen LogP contribution in [-0.4, -0.2) is 21.5 Å². The van der Waals surface area contributed by atoms with Crippen LogP contribution < -0.4 is 15.4 Å². The van der Waals surface area contributed by atoms with E-state index in [1.165, 1.54) is 13.1 Å². The summed E-state index contributed by atoms with van der Waals surface area (Å²) >= 11 is 0. The third kappa shape index (κ3) is 4.40. The smallest absolute Gasteiger partial charge is 0.319 e. The molecule has 1 heterocycles. The van der Waals surface area contributed by atoms with E-state index in [1.54, 1.807) is 19.1 Å². The minimum Gasteiger partial charge on any atom is -0.466 e. The van der Waals surface area contributed by atoms with E-state index in [1.807, 2.05) is 26.8 Å². The number of amides is 2. The Morgan fingerprint density at radius 3 is 2.40 bits per heavy atom. The van der Waals surface area contributed by atoms with Crippen molar-refractivity contribution in [1.82, 2.24) is 10.0 Å². The molecule has 7 nitrogen and oxygen atoms in total. The summed E-state index contributed by atoms with van der Waals surface area (Å²) in [6.45, 7) is 7.23. The Bertz CT molecular complexity index is 887. The van der Waals surface area contributed by atoms with E-state index in [0.717, 1.165) is 17.1 Å². The first-order valence-corrected chi connectivity index (χ1v) is 9.31. The molecule has 2 amide bonds. The summed E-state index contributed by atoms with van der Waals surface area (Å²) in [5.74, 6) is 1.53. The van der Waals surface area contributed by atoms with Gasteiger partial charge in [-0.15, -0.1) is 0 Å². The first kappa shape index (κ1) is 19.0. The molecule has 3 N–H and O–H groups in total. The number of carbonyl (C=O) groups is 1. The molecule has 8 heteroatoms. The maximum atomic E-state index is 12.2. The Balaban J connectivity index is 2.13. The average Bonchev–Trinajstić information content (AvgIpc) is 2.87. The molecule has 0 saturated heterocycles. The third-order valence-electron chi connectivity index (χ3n) is 3.90. The van der Waals surface area contributed by atoms with Gasteiger partial charge in [0.25, 0.3) is 0 Å². The molecule has 1 atom stereocenters. The first-order valence-electron chi connectivity index (χ1n) is 7.82. The summed E-state index contributed by atoms with van der Waals surface area (Å²) in [5.41, 5.74) is 1.89. The summed E-state index contributed by atoms with van der Waals surface area (Å²) in [7, 11) is -2.24. The van der Waals surface area contributed by atoms with Crippen molar-refractivity contribution in [3.63, 3.8) is 0 Å². The molecule has 0 radical (unpaired) electrons. The Morgan fingerprint density at radius 1 is 1.16 bits per heavy atom. The lowest BCUT2D eigenvalue weighted by molar-refractivity contribution is 0.249. The van der Waals surface area contributed by atoms with Gasteiger partial charge in [-0.2, -0.15) is 0 Å². The summed E-state index contributed by atoms with van der Waals surface area (Å²) in [6, 6.07) is 5.93. The molecule has 0 spiro atoms. The lowest BCUT2D eigenvalue weighted by Crippen LogP contribution is -2.31.